The van der Waals surface area contributed by atoms with Gasteiger partial charge in [-0.05, 0) is 55.5 Å². The highest BCUT2D eigenvalue weighted by molar-refractivity contribution is 5.78. The summed E-state index contributed by atoms with van der Waals surface area (Å²) in [5, 5.41) is 14.2. The van der Waals surface area contributed by atoms with Gasteiger partial charge in [0, 0.05) is 18.1 Å². The van der Waals surface area contributed by atoms with Crippen molar-refractivity contribution in [3.8, 4) is 0 Å². The van der Waals surface area contributed by atoms with E-state index in [1.165, 1.54) is 10.9 Å². The zero-order valence-corrected chi connectivity index (χ0v) is 11.0. The minimum atomic E-state index is -0.0708. The van der Waals surface area contributed by atoms with Crippen molar-refractivity contribution in [1.82, 2.24) is 10.3 Å². The summed E-state index contributed by atoms with van der Waals surface area (Å²) >= 11 is 0. The third-order valence-electron chi connectivity index (χ3n) is 3.94. The second-order valence-electron chi connectivity index (χ2n) is 5.49. The van der Waals surface area contributed by atoms with E-state index in [0.29, 0.717) is 5.92 Å². The van der Waals surface area contributed by atoms with Gasteiger partial charge in [-0.15, -0.1) is 0 Å². The van der Waals surface area contributed by atoms with Gasteiger partial charge in [0.05, 0.1) is 11.6 Å². The van der Waals surface area contributed by atoms with Crippen LogP contribution in [0.15, 0.2) is 36.5 Å². The van der Waals surface area contributed by atoms with E-state index < -0.39 is 0 Å². The molecule has 0 amide bonds. The summed E-state index contributed by atoms with van der Waals surface area (Å²) < 4.78 is 0. The van der Waals surface area contributed by atoms with E-state index in [9.17, 15) is 5.11 Å². The number of aliphatic hydroxyl groups excluding tert-OH is 1. The first-order chi connectivity index (χ1) is 9.31. The van der Waals surface area contributed by atoms with Crippen LogP contribution in [0, 0.1) is 5.92 Å². The van der Waals surface area contributed by atoms with Gasteiger partial charge >= 0.3 is 0 Å². The number of aromatic nitrogens is 1. The van der Waals surface area contributed by atoms with Crippen LogP contribution in [0.2, 0.25) is 0 Å². The molecule has 1 aromatic heterocycles. The molecule has 1 aliphatic rings. The number of hydrogen-bond donors (Lipinski definition) is 2. The number of hydrogen-bond acceptors (Lipinski definition) is 3. The molecule has 1 heterocycles. The normalized spacial score (nSPS) is 23.0. The highest BCUT2D eigenvalue weighted by Gasteiger charge is 2.21. The molecule has 1 saturated carbocycles. The zero-order valence-electron chi connectivity index (χ0n) is 11.0. The lowest BCUT2D eigenvalue weighted by Gasteiger charge is -2.11. The maximum absolute atomic E-state index is 9.50. The Hall–Kier alpha value is -1.45. The Morgan fingerprint density at radius 2 is 2.21 bits per heavy atom. The smallest absolute Gasteiger partial charge is 0.0702 e. The van der Waals surface area contributed by atoms with Crippen molar-refractivity contribution in [2.24, 2.45) is 5.92 Å². The minimum Gasteiger partial charge on any atom is -0.393 e. The van der Waals surface area contributed by atoms with Crippen molar-refractivity contribution in [2.75, 3.05) is 6.54 Å². The molecule has 3 heteroatoms. The third kappa shape index (κ3) is 3.11. The standard InChI is InChI=1S/C16H20N2O/c19-15-5-3-13(9-15)11-17-10-12-4-6-16-14(8-12)2-1-7-18-16/h1-2,4,6-8,13,15,17,19H,3,5,9-11H2. The number of aliphatic hydroxyl groups is 1. The van der Waals surface area contributed by atoms with Crippen LogP contribution in [0.3, 0.4) is 0 Å². The van der Waals surface area contributed by atoms with Gasteiger partial charge in [0.25, 0.3) is 0 Å². The van der Waals surface area contributed by atoms with Crippen LogP contribution in [-0.2, 0) is 6.54 Å². The molecule has 0 aliphatic heterocycles. The van der Waals surface area contributed by atoms with Crippen LogP contribution in [-0.4, -0.2) is 22.7 Å². The van der Waals surface area contributed by atoms with Crippen molar-refractivity contribution in [3.63, 3.8) is 0 Å². The Bertz CT molecular complexity index is 555. The molecule has 2 aromatic rings. The van der Waals surface area contributed by atoms with Crippen LogP contribution in [0.4, 0.5) is 0 Å². The molecule has 2 atom stereocenters. The first-order valence-electron chi connectivity index (χ1n) is 7.04. The number of nitrogens with zero attached hydrogens (tertiary/aromatic N) is 1. The molecule has 1 aliphatic carbocycles. The van der Waals surface area contributed by atoms with Crippen LogP contribution in [0.1, 0.15) is 24.8 Å². The van der Waals surface area contributed by atoms with E-state index in [0.717, 1.165) is 37.9 Å². The van der Waals surface area contributed by atoms with Gasteiger partial charge in [-0.3, -0.25) is 4.98 Å². The predicted octanol–water partition coefficient (Wildman–Crippen LogP) is 2.49. The fraction of sp³-hybridized carbons (Fsp3) is 0.438. The second kappa shape index (κ2) is 5.68. The number of nitrogens with one attached hydrogen (secondary N) is 1. The van der Waals surface area contributed by atoms with Gasteiger partial charge in [-0.25, -0.2) is 0 Å². The molecule has 0 bridgehead atoms. The average molecular weight is 256 g/mol. The highest BCUT2D eigenvalue weighted by atomic mass is 16.3. The van der Waals surface area contributed by atoms with E-state index in [2.05, 4.69) is 34.6 Å². The largest absolute Gasteiger partial charge is 0.393 e. The van der Waals surface area contributed by atoms with Gasteiger partial charge in [0.2, 0.25) is 0 Å². The number of fused-ring (bicyclic) bond motifs is 1. The van der Waals surface area contributed by atoms with Gasteiger partial charge < -0.3 is 10.4 Å². The monoisotopic (exact) mass is 256 g/mol. The lowest BCUT2D eigenvalue weighted by atomic mass is 10.1. The number of benzene rings is 1. The van der Waals surface area contributed by atoms with Gasteiger partial charge in [0.15, 0.2) is 0 Å². The molecular weight excluding hydrogens is 236 g/mol. The Kier molecular flexibility index (Phi) is 3.76. The van der Waals surface area contributed by atoms with Crippen molar-refractivity contribution in [2.45, 2.75) is 31.9 Å². The molecule has 1 fully saturated rings. The molecule has 2 unspecified atom stereocenters. The molecule has 19 heavy (non-hydrogen) atoms. The van der Waals surface area contributed by atoms with E-state index in [1.54, 1.807) is 0 Å². The first-order valence-corrected chi connectivity index (χ1v) is 7.04. The zero-order chi connectivity index (χ0) is 13.1. The van der Waals surface area contributed by atoms with E-state index in [1.807, 2.05) is 12.3 Å². The van der Waals surface area contributed by atoms with Crippen molar-refractivity contribution in [3.05, 3.63) is 42.1 Å². The molecule has 0 saturated heterocycles. The summed E-state index contributed by atoms with van der Waals surface area (Å²) in [5.41, 5.74) is 2.34. The Labute approximate surface area is 113 Å². The fourth-order valence-electron chi connectivity index (χ4n) is 2.89. The number of pyridine rings is 1. The minimum absolute atomic E-state index is 0.0708. The highest BCUT2D eigenvalue weighted by Crippen LogP contribution is 2.24. The maximum Gasteiger partial charge on any atom is 0.0702 e. The Morgan fingerprint density at radius 3 is 3.05 bits per heavy atom. The Balaban J connectivity index is 1.56. The molecule has 100 valence electrons. The first kappa shape index (κ1) is 12.6. The quantitative estimate of drug-likeness (QED) is 0.883. The van der Waals surface area contributed by atoms with Gasteiger partial charge in [-0.2, -0.15) is 0 Å². The SMILES string of the molecule is OC1CCC(CNCc2ccc3ncccc3c2)C1. The summed E-state index contributed by atoms with van der Waals surface area (Å²) in [6, 6.07) is 10.5. The third-order valence-corrected chi connectivity index (χ3v) is 3.94. The Morgan fingerprint density at radius 1 is 1.26 bits per heavy atom. The predicted molar refractivity (Wildman–Crippen MR) is 76.8 cm³/mol. The second-order valence-corrected chi connectivity index (χ2v) is 5.49. The lowest BCUT2D eigenvalue weighted by molar-refractivity contribution is 0.177. The van der Waals surface area contributed by atoms with E-state index >= 15 is 0 Å². The average Bonchev–Trinajstić information content (AvgIpc) is 2.84. The lowest BCUT2D eigenvalue weighted by Crippen LogP contribution is -2.21. The molecule has 3 nitrogen and oxygen atoms in total. The van der Waals surface area contributed by atoms with Crippen LogP contribution in [0.5, 0.6) is 0 Å². The van der Waals surface area contributed by atoms with Crippen molar-refractivity contribution < 1.29 is 5.11 Å². The summed E-state index contributed by atoms with van der Waals surface area (Å²) in [4.78, 5) is 4.33. The summed E-state index contributed by atoms with van der Waals surface area (Å²) in [5.74, 6) is 0.636. The topological polar surface area (TPSA) is 45.1 Å². The molecule has 1 aromatic carbocycles. The van der Waals surface area contributed by atoms with Crippen molar-refractivity contribution in [1.29, 1.82) is 0 Å². The molecule has 0 spiro atoms. The molecule has 3 rings (SSSR count). The van der Waals surface area contributed by atoms with Crippen LogP contribution < -0.4 is 5.32 Å². The molecule has 2 N–H and O–H groups in total. The summed E-state index contributed by atoms with van der Waals surface area (Å²) in [6.07, 6.45) is 4.82. The van der Waals surface area contributed by atoms with Gasteiger partial charge in [0.1, 0.15) is 0 Å². The summed E-state index contributed by atoms with van der Waals surface area (Å²) in [7, 11) is 0. The maximum atomic E-state index is 9.50. The van der Waals surface area contributed by atoms with E-state index in [-0.39, 0.29) is 6.10 Å². The molecule has 0 radical (unpaired) electrons. The fourth-order valence-corrected chi connectivity index (χ4v) is 2.89. The van der Waals surface area contributed by atoms with Crippen LogP contribution in [0.25, 0.3) is 10.9 Å². The van der Waals surface area contributed by atoms with Crippen molar-refractivity contribution >= 4 is 10.9 Å². The van der Waals surface area contributed by atoms with E-state index in [4.69, 9.17) is 0 Å². The number of rotatable bonds is 4. The molecular formula is C16H20N2O. The van der Waals surface area contributed by atoms with Crippen LogP contribution >= 0.6 is 0 Å². The van der Waals surface area contributed by atoms with Gasteiger partial charge in [-0.1, -0.05) is 12.1 Å². The summed E-state index contributed by atoms with van der Waals surface area (Å²) in [6.45, 7) is 1.89.